The van der Waals surface area contributed by atoms with Gasteiger partial charge in [0.25, 0.3) is 5.91 Å². The van der Waals surface area contributed by atoms with E-state index in [0.717, 1.165) is 27.2 Å². The van der Waals surface area contributed by atoms with Gasteiger partial charge in [-0.15, -0.1) is 22.7 Å². The minimum atomic E-state index is -1.24. The van der Waals surface area contributed by atoms with Crippen molar-refractivity contribution in [1.29, 1.82) is 0 Å². The predicted molar refractivity (Wildman–Crippen MR) is 114 cm³/mol. The molecular formula is C21H15FN2O3S2. The van der Waals surface area contributed by atoms with Crippen molar-refractivity contribution in [2.45, 2.75) is 13.8 Å². The predicted octanol–water partition coefficient (Wildman–Crippen LogP) is 5.73. The lowest BCUT2D eigenvalue weighted by atomic mass is 10.0. The lowest BCUT2D eigenvalue weighted by Gasteiger charge is -2.06. The van der Waals surface area contributed by atoms with Gasteiger partial charge in [-0.05, 0) is 43.2 Å². The van der Waals surface area contributed by atoms with Crippen molar-refractivity contribution >= 4 is 49.8 Å². The van der Waals surface area contributed by atoms with Crippen LogP contribution in [0.1, 0.15) is 31.3 Å². The quantitative estimate of drug-likeness (QED) is 0.437. The Morgan fingerprint density at radius 2 is 1.79 bits per heavy atom. The molecule has 0 spiro atoms. The van der Waals surface area contributed by atoms with Crippen LogP contribution in [0.3, 0.4) is 0 Å². The van der Waals surface area contributed by atoms with E-state index in [0.29, 0.717) is 5.52 Å². The van der Waals surface area contributed by atoms with Gasteiger partial charge in [0.1, 0.15) is 16.4 Å². The number of carboxylic acids is 1. The zero-order valence-corrected chi connectivity index (χ0v) is 17.1. The first-order valence-corrected chi connectivity index (χ1v) is 10.3. The maximum atomic E-state index is 14.4. The van der Waals surface area contributed by atoms with Crippen molar-refractivity contribution in [3.8, 4) is 11.1 Å². The highest BCUT2D eigenvalue weighted by Gasteiger charge is 2.24. The Morgan fingerprint density at radius 1 is 1.07 bits per heavy atom. The fourth-order valence-corrected chi connectivity index (χ4v) is 4.89. The van der Waals surface area contributed by atoms with E-state index in [-0.39, 0.29) is 26.7 Å². The molecule has 0 radical (unpaired) electrons. The van der Waals surface area contributed by atoms with Gasteiger partial charge in [0.05, 0.1) is 10.2 Å². The maximum Gasteiger partial charge on any atom is 0.339 e. The summed E-state index contributed by atoms with van der Waals surface area (Å²) in [4.78, 5) is 28.9. The Hall–Kier alpha value is -3.10. The second-order valence-corrected chi connectivity index (χ2v) is 8.50. The number of thiophene rings is 1. The molecule has 4 aromatic rings. The second-order valence-electron chi connectivity index (χ2n) is 6.59. The number of anilines is 1. The zero-order valence-electron chi connectivity index (χ0n) is 15.4. The van der Waals surface area contributed by atoms with Crippen LogP contribution in [0.15, 0.2) is 41.8 Å². The normalized spacial score (nSPS) is 11.0. The molecule has 1 amide bonds. The number of nitrogens with zero attached hydrogens (tertiary/aromatic N) is 1. The van der Waals surface area contributed by atoms with E-state index >= 15 is 0 Å². The number of nitrogens with one attached hydrogen (secondary N) is 1. The maximum absolute atomic E-state index is 14.4. The molecule has 0 saturated heterocycles. The third-order valence-corrected chi connectivity index (χ3v) is 6.30. The number of hydrogen-bond acceptors (Lipinski definition) is 5. The minimum absolute atomic E-state index is 0.136. The monoisotopic (exact) mass is 426 g/mol. The Kier molecular flexibility index (Phi) is 4.89. The number of carboxylic acid groups (broad SMARTS) is 1. The minimum Gasteiger partial charge on any atom is -0.478 e. The SMILES string of the molecule is Cc1ccc(-c2csc(NC(=O)c3nc4ccc(C)cc4s3)c2C(=O)O)c(F)c1. The van der Waals surface area contributed by atoms with Gasteiger partial charge in [-0.2, -0.15) is 0 Å². The number of amides is 1. The molecule has 4 rings (SSSR count). The van der Waals surface area contributed by atoms with E-state index in [2.05, 4.69) is 10.3 Å². The lowest BCUT2D eigenvalue weighted by molar-refractivity contribution is 0.0699. The molecular weight excluding hydrogens is 411 g/mol. The Morgan fingerprint density at radius 3 is 2.52 bits per heavy atom. The van der Waals surface area contributed by atoms with Crippen LogP contribution in [-0.4, -0.2) is 22.0 Å². The van der Waals surface area contributed by atoms with Crippen molar-refractivity contribution in [3.05, 3.63) is 69.3 Å². The summed E-state index contributed by atoms with van der Waals surface area (Å²) in [5, 5.41) is 14.2. The molecule has 29 heavy (non-hydrogen) atoms. The molecule has 0 aliphatic rings. The van der Waals surface area contributed by atoms with Crippen molar-refractivity contribution in [1.82, 2.24) is 4.98 Å². The van der Waals surface area contributed by atoms with Gasteiger partial charge < -0.3 is 10.4 Å². The van der Waals surface area contributed by atoms with E-state index in [1.807, 2.05) is 25.1 Å². The van der Waals surface area contributed by atoms with Crippen molar-refractivity contribution < 1.29 is 19.1 Å². The third kappa shape index (κ3) is 3.64. The molecule has 2 aromatic carbocycles. The topological polar surface area (TPSA) is 79.3 Å². The second kappa shape index (κ2) is 7.38. The Balaban J connectivity index is 1.70. The molecule has 0 aliphatic carbocycles. The molecule has 146 valence electrons. The van der Waals surface area contributed by atoms with Gasteiger partial charge >= 0.3 is 5.97 Å². The van der Waals surface area contributed by atoms with Gasteiger partial charge in [0.2, 0.25) is 0 Å². The third-order valence-electron chi connectivity index (χ3n) is 4.38. The number of fused-ring (bicyclic) bond motifs is 1. The van der Waals surface area contributed by atoms with E-state index < -0.39 is 17.7 Å². The number of hydrogen-bond donors (Lipinski definition) is 2. The largest absolute Gasteiger partial charge is 0.478 e. The number of aromatic carboxylic acids is 1. The van der Waals surface area contributed by atoms with Gasteiger partial charge in [0, 0.05) is 16.5 Å². The van der Waals surface area contributed by atoms with Crippen molar-refractivity contribution in [2.24, 2.45) is 0 Å². The summed E-state index contributed by atoms with van der Waals surface area (Å²) in [6.45, 7) is 3.71. The summed E-state index contributed by atoms with van der Waals surface area (Å²) >= 11 is 2.28. The van der Waals surface area contributed by atoms with E-state index in [4.69, 9.17) is 0 Å². The van der Waals surface area contributed by atoms with E-state index in [1.165, 1.54) is 22.8 Å². The van der Waals surface area contributed by atoms with Crippen molar-refractivity contribution in [3.63, 3.8) is 0 Å². The van der Waals surface area contributed by atoms with Crippen molar-refractivity contribution in [2.75, 3.05) is 5.32 Å². The first-order chi connectivity index (χ1) is 13.8. The molecule has 0 aliphatic heterocycles. The highest BCUT2D eigenvalue weighted by Crippen LogP contribution is 2.37. The number of carbonyl (C=O) groups excluding carboxylic acids is 1. The summed E-state index contributed by atoms with van der Waals surface area (Å²) in [5.74, 6) is -2.25. The number of halogens is 1. The van der Waals surface area contributed by atoms with Gasteiger partial charge in [-0.3, -0.25) is 4.79 Å². The summed E-state index contributed by atoms with van der Waals surface area (Å²) < 4.78 is 15.3. The summed E-state index contributed by atoms with van der Waals surface area (Å²) in [5.41, 5.74) is 2.78. The van der Waals surface area contributed by atoms with E-state index in [1.54, 1.807) is 19.1 Å². The summed E-state index contributed by atoms with van der Waals surface area (Å²) in [6, 6.07) is 10.3. The smallest absolute Gasteiger partial charge is 0.339 e. The van der Waals surface area contributed by atoms with Crippen LogP contribution in [0.2, 0.25) is 0 Å². The van der Waals surface area contributed by atoms with Crippen LogP contribution in [0.25, 0.3) is 21.3 Å². The molecule has 0 bridgehead atoms. The first-order valence-electron chi connectivity index (χ1n) is 8.63. The average molecular weight is 426 g/mol. The number of carbonyl (C=O) groups is 2. The fourth-order valence-electron chi connectivity index (χ4n) is 2.98. The Bertz CT molecular complexity index is 1280. The zero-order chi connectivity index (χ0) is 20.7. The molecule has 0 unspecified atom stereocenters. The average Bonchev–Trinajstić information content (AvgIpc) is 3.25. The van der Waals surface area contributed by atoms with Crippen LogP contribution in [0, 0.1) is 19.7 Å². The number of benzene rings is 2. The van der Waals surface area contributed by atoms with Crippen LogP contribution in [-0.2, 0) is 0 Å². The highest BCUT2D eigenvalue weighted by atomic mass is 32.1. The van der Waals surface area contributed by atoms with Gasteiger partial charge in [0.15, 0.2) is 5.01 Å². The summed E-state index contributed by atoms with van der Waals surface area (Å²) in [6.07, 6.45) is 0. The molecule has 0 saturated carbocycles. The molecule has 0 atom stereocenters. The van der Waals surface area contributed by atoms with E-state index in [9.17, 15) is 19.1 Å². The fraction of sp³-hybridized carbons (Fsp3) is 0.0952. The van der Waals surface area contributed by atoms with Crippen LogP contribution in [0.4, 0.5) is 9.39 Å². The van der Waals surface area contributed by atoms with Crippen LogP contribution in [0.5, 0.6) is 0 Å². The molecule has 5 nitrogen and oxygen atoms in total. The molecule has 2 heterocycles. The highest BCUT2D eigenvalue weighted by molar-refractivity contribution is 7.20. The van der Waals surface area contributed by atoms with Crippen LogP contribution >= 0.6 is 22.7 Å². The number of aryl methyl sites for hydroxylation is 2. The standard InChI is InChI=1S/C21H15FN2O3S2/c1-10-3-5-12(14(22)7-10)13-9-28-19(17(13)21(26)27)24-18(25)20-23-15-6-4-11(2)8-16(15)29-20/h3-9H,1-2H3,(H,24,25)(H,26,27). The molecule has 8 heteroatoms. The first kappa shape index (κ1) is 19.2. The molecule has 0 fully saturated rings. The molecule has 2 aromatic heterocycles. The van der Waals surface area contributed by atoms with Gasteiger partial charge in [-0.1, -0.05) is 18.2 Å². The number of aromatic nitrogens is 1. The number of rotatable bonds is 4. The lowest BCUT2D eigenvalue weighted by Crippen LogP contribution is -2.13. The van der Waals surface area contributed by atoms with Crippen LogP contribution < -0.4 is 5.32 Å². The van der Waals surface area contributed by atoms with Gasteiger partial charge in [-0.25, -0.2) is 14.2 Å². The number of thiazole rings is 1. The Labute approximate surface area is 173 Å². The summed E-state index contributed by atoms with van der Waals surface area (Å²) in [7, 11) is 0. The molecule has 2 N–H and O–H groups in total.